The molecule has 2 fully saturated rings. The van der Waals surface area contributed by atoms with Gasteiger partial charge in [-0.15, -0.1) is 0 Å². The minimum absolute atomic E-state index is 0.103. The van der Waals surface area contributed by atoms with Crippen LogP contribution in [0.4, 0.5) is 11.4 Å². The number of piperidine rings is 1. The lowest BCUT2D eigenvalue weighted by Crippen LogP contribution is -2.51. The highest BCUT2D eigenvalue weighted by Gasteiger charge is 2.37. The number of aliphatic imine (C=N–C) groups is 1. The van der Waals surface area contributed by atoms with Crippen molar-refractivity contribution in [3.63, 3.8) is 0 Å². The number of carbonyl (C=O) groups excluding carboxylic acids is 1. The lowest BCUT2D eigenvalue weighted by molar-refractivity contribution is -0.113. The van der Waals surface area contributed by atoms with Crippen LogP contribution in [0.25, 0.3) is 0 Å². The Morgan fingerprint density at radius 2 is 1.57 bits per heavy atom. The summed E-state index contributed by atoms with van der Waals surface area (Å²) in [5.41, 5.74) is 5.66. The number of fused-ring (bicyclic) bond motifs is 1. The number of nitrogens with one attached hydrogen (secondary N) is 1. The zero-order chi connectivity index (χ0) is 31.9. The number of para-hydroxylation sites is 1. The van der Waals surface area contributed by atoms with Crippen LogP contribution in [-0.4, -0.2) is 61.0 Å². The van der Waals surface area contributed by atoms with Gasteiger partial charge in [-0.1, -0.05) is 79.9 Å². The summed E-state index contributed by atoms with van der Waals surface area (Å²) in [6.45, 7) is 3.08. The van der Waals surface area contributed by atoms with E-state index < -0.39 is 0 Å². The summed E-state index contributed by atoms with van der Waals surface area (Å²) >= 11 is 0. The maximum absolute atomic E-state index is 13.8. The summed E-state index contributed by atoms with van der Waals surface area (Å²) < 4.78 is 0. The molecule has 3 aliphatic rings. The quantitative estimate of drug-likeness (QED) is 0.219. The van der Waals surface area contributed by atoms with E-state index in [1.807, 2.05) is 36.4 Å². The third-order valence-electron chi connectivity index (χ3n) is 10.3. The summed E-state index contributed by atoms with van der Waals surface area (Å²) in [6.07, 6.45) is 12.0. The van der Waals surface area contributed by atoms with Crippen molar-refractivity contribution in [3.05, 3.63) is 95.6 Å². The first-order valence-electron chi connectivity index (χ1n) is 17.6. The van der Waals surface area contributed by atoms with E-state index in [0.29, 0.717) is 12.3 Å². The number of likely N-dealkylation sites (tertiary alicyclic amines) is 1. The molecule has 242 valence electrons. The number of ketones is 1. The van der Waals surface area contributed by atoms with Gasteiger partial charge in [-0.2, -0.15) is 0 Å². The lowest BCUT2D eigenvalue weighted by Gasteiger charge is -2.44. The topological polar surface area (TPSA) is 63.0 Å². The van der Waals surface area contributed by atoms with E-state index in [9.17, 15) is 4.79 Å². The fraction of sp³-hybridized carbons (Fsp3) is 0.475. The molecule has 0 amide bonds. The molecule has 6 rings (SSSR count). The van der Waals surface area contributed by atoms with E-state index in [1.54, 1.807) is 0 Å². The van der Waals surface area contributed by atoms with Crippen molar-refractivity contribution in [2.24, 2.45) is 10.9 Å². The Bertz CT molecular complexity index is 1480. The van der Waals surface area contributed by atoms with Crippen LogP contribution in [0.1, 0.15) is 92.9 Å². The molecule has 1 atom stereocenters. The standard InChI is InChI=1S/C40H51N5O/c1-43(2)25-11-14-30-23-26-44(27-24-30)40-42-37-18-10-9-17-35(37)38(29-39(46)36(41)28-31-12-5-3-6-13-31)45(40)34-21-19-33(20-22-34)32-15-7-4-8-16-32/h3,5-6,9-10,12-13,17-22,30,32,38,41H,4,7-8,11,14-16,23-29H2,1-2H3. The molecular weight excluding hydrogens is 566 g/mol. The minimum Gasteiger partial charge on any atom is -0.342 e. The van der Waals surface area contributed by atoms with Gasteiger partial charge in [-0.25, -0.2) is 4.99 Å². The molecule has 0 radical (unpaired) electrons. The molecule has 1 aliphatic carbocycles. The van der Waals surface area contributed by atoms with Gasteiger partial charge >= 0.3 is 0 Å². The molecule has 1 N–H and O–H groups in total. The molecule has 6 nitrogen and oxygen atoms in total. The summed E-state index contributed by atoms with van der Waals surface area (Å²) in [6, 6.07) is 27.1. The summed E-state index contributed by atoms with van der Waals surface area (Å²) in [7, 11) is 4.31. The molecule has 1 unspecified atom stereocenters. The van der Waals surface area contributed by atoms with E-state index in [4.69, 9.17) is 10.4 Å². The van der Waals surface area contributed by atoms with Crippen LogP contribution in [0.2, 0.25) is 0 Å². The van der Waals surface area contributed by atoms with E-state index >= 15 is 0 Å². The van der Waals surface area contributed by atoms with Gasteiger partial charge in [0.25, 0.3) is 0 Å². The van der Waals surface area contributed by atoms with Gasteiger partial charge < -0.3 is 20.1 Å². The highest BCUT2D eigenvalue weighted by molar-refractivity contribution is 6.39. The smallest absolute Gasteiger partial charge is 0.207 e. The third kappa shape index (κ3) is 7.78. The lowest BCUT2D eigenvalue weighted by atomic mass is 9.84. The van der Waals surface area contributed by atoms with Gasteiger partial charge in [0.2, 0.25) is 5.96 Å². The first-order valence-corrected chi connectivity index (χ1v) is 17.6. The van der Waals surface area contributed by atoms with Crippen LogP contribution in [0.3, 0.4) is 0 Å². The number of anilines is 1. The Kier molecular flexibility index (Phi) is 10.6. The van der Waals surface area contributed by atoms with Crippen molar-refractivity contribution in [3.8, 4) is 0 Å². The minimum atomic E-state index is -0.231. The number of carbonyl (C=O) groups is 1. The maximum Gasteiger partial charge on any atom is 0.207 e. The van der Waals surface area contributed by atoms with E-state index in [-0.39, 0.29) is 24.0 Å². The molecule has 46 heavy (non-hydrogen) atoms. The molecule has 0 aromatic heterocycles. The molecule has 0 bridgehead atoms. The van der Waals surface area contributed by atoms with Gasteiger partial charge in [-0.05, 0) is 100 Å². The van der Waals surface area contributed by atoms with Gasteiger partial charge in [0.05, 0.1) is 17.4 Å². The predicted molar refractivity (Wildman–Crippen MR) is 191 cm³/mol. The summed E-state index contributed by atoms with van der Waals surface area (Å²) in [5, 5.41) is 8.79. The van der Waals surface area contributed by atoms with E-state index in [0.717, 1.165) is 66.9 Å². The first-order chi connectivity index (χ1) is 22.5. The first kappa shape index (κ1) is 32.2. The van der Waals surface area contributed by atoms with E-state index in [1.165, 1.54) is 50.5 Å². The maximum atomic E-state index is 13.8. The fourth-order valence-corrected chi connectivity index (χ4v) is 7.69. The number of nitrogens with zero attached hydrogens (tertiary/aromatic N) is 4. The van der Waals surface area contributed by atoms with E-state index in [2.05, 4.69) is 71.3 Å². The van der Waals surface area contributed by atoms with Crippen LogP contribution in [0.15, 0.2) is 83.9 Å². The average molecular weight is 618 g/mol. The van der Waals surface area contributed by atoms with Gasteiger partial charge in [0, 0.05) is 37.2 Å². The Morgan fingerprint density at radius 3 is 2.28 bits per heavy atom. The molecule has 1 saturated carbocycles. The normalized spacial score (nSPS) is 19.2. The van der Waals surface area contributed by atoms with Crippen molar-refractivity contribution in [1.29, 1.82) is 5.41 Å². The molecule has 1 saturated heterocycles. The highest BCUT2D eigenvalue weighted by Crippen LogP contribution is 2.42. The number of Topliss-reactive ketones (excluding diaryl/α,β-unsaturated/α-hetero) is 1. The van der Waals surface area contributed by atoms with Gasteiger partial charge in [-0.3, -0.25) is 4.79 Å². The zero-order valence-electron chi connectivity index (χ0n) is 27.8. The number of benzene rings is 3. The van der Waals surface area contributed by atoms with Crippen LogP contribution >= 0.6 is 0 Å². The van der Waals surface area contributed by atoms with Gasteiger partial charge in [0.1, 0.15) is 0 Å². The Labute approximate surface area is 276 Å². The van der Waals surface area contributed by atoms with Crippen LogP contribution in [-0.2, 0) is 11.2 Å². The zero-order valence-corrected chi connectivity index (χ0v) is 27.8. The molecule has 0 spiro atoms. The molecule has 2 aliphatic heterocycles. The van der Waals surface area contributed by atoms with Crippen molar-refractivity contribution in [2.75, 3.05) is 38.6 Å². The molecule has 6 heteroatoms. The summed E-state index contributed by atoms with van der Waals surface area (Å²) in [5.74, 6) is 2.23. The van der Waals surface area contributed by atoms with Crippen LogP contribution < -0.4 is 4.90 Å². The number of rotatable bonds is 11. The van der Waals surface area contributed by atoms with Crippen molar-refractivity contribution >= 4 is 28.8 Å². The second kappa shape index (κ2) is 15.2. The second-order valence-corrected chi connectivity index (χ2v) is 13.9. The Hall–Kier alpha value is -3.77. The van der Waals surface area contributed by atoms with Crippen molar-refractivity contribution in [2.45, 2.75) is 82.6 Å². The monoisotopic (exact) mass is 617 g/mol. The Morgan fingerprint density at radius 1 is 0.870 bits per heavy atom. The number of hydrogen-bond donors (Lipinski definition) is 1. The average Bonchev–Trinajstić information content (AvgIpc) is 3.09. The largest absolute Gasteiger partial charge is 0.342 e. The molecule has 3 aromatic rings. The highest BCUT2D eigenvalue weighted by atomic mass is 16.1. The molecule has 3 aromatic carbocycles. The predicted octanol–water partition coefficient (Wildman–Crippen LogP) is 8.56. The third-order valence-corrected chi connectivity index (χ3v) is 10.3. The molecular formula is C40H51N5O. The number of guanidine groups is 1. The SMILES string of the molecule is CN(C)CCCC1CCN(C2=Nc3ccccc3C(CC(=O)C(=N)Cc3ccccc3)N2c2ccc(C3CCCCC3)cc2)CC1. The van der Waals surface area contributed by atoms with Gasteiger partial charge in [0.15, 0.2) is 5.78 Å². The molecule has 2 heterocycles. The second-order valence-electron chi connectivity index (χ2n) is 13.9. The summed E-state index contributed by atoms with van der Waals surface area (Å²) in [4.78, 5) is 26.2. The number of hydrogen-bond acceptors (Lipinski definition) is 6. The van der Waals surface area contributed by atoms with Crippen LogP contribution in [0.5, 0.6) is 0 Å². The van der Waals surface area contributed by atoms with Crippen LogP contribution in [0, 0.1) is 11.3 Å². The fourth-order valence-electron chi connectivity index (χ4n) is 7.69. The van der Waals surface area contributed by atoms with Crippen molar-refractivity contribution in [1.82, 2.24) is 9.80 Å². The Balaban J connectivity index is 1.29. The van der Waals surface area contributed by atoms with Crippen molar-refractivity contribution < 1.29 is 4.79 Å².